The number of amides is 3. The van der Waals surface area contributed by atoms with Crippen LogP contribution in [0.15, 0.2) is 47.1 Å². The lowest BCUT2D eigenvalue weighted by atomic mass is 9.99. The van der Waals surface area contributed by atoms with Gasteiger partial charge in [-0.3, -0.25) is 9.69 Å². The van der Waals surface area contributed by atoms with Crippen molar-refractivity contribution >= 4 is 11.9 Å². The van der Waals surface area contributed by atoms with Crippen molar-refractivity contribution in [3.8, 4) is 0 Å². The number of hydrogen-bond acceptors (Lipinski definition) is 3. The SMILES string of the molecule is C[C@]1(c2ccco2)NC(=O)N(Cc2ccccc2F)C1=O. The fourth-order valence-corrected chi connectivity index (χ4v) is 2.37. The molecular formula is C15H13FN2O3. The molecule has 1 atom stereocenters. The zero-order chi connectivity index (χ0) is 15.0. The molecule has 1 aliphatic heterocycles. The molecule has 21 heavy (non-hydrogen) atoms. The standard InChI is InChI=1S/C15H13FN2O3/c1-15(12-7-4-8-21-12)13(19)18(14(20)17-15)9-10-5-2-3-6-11(10)16/h2-8H,9H2,1H3,(H,17,20)/t15-/m1/s1. The highest BCUT2D eigenvalue weighted by Gasteiger charge is 2.50. The Kier molecular flexibility index (Phi) is 3.01. The second-order valence-corrected chi connectivity index (χ2v) is 5.02. The Labute approximate surface area is 120 Å². The van der Waals surface area contributed by atoms with Crippen LogP contribution in [-0.4, -0.2) is 16.8 Å². The minimum absolute atomic E-state index is 0.117. The van der Waals surface area contributed by atoms with Crippen molar-refractivity contribution in [2.24, 2.45) is 0 Å². The molecule has 3 rings (SSSR count). The summed E-state index contributed by atoms with van der Waals surface area (Å²) in [5.74, 6) is -0.577. The van der Waals surface area contributed by atoms with E-state index in [1.165, 1.54) is 12.3 Å². The van der Waals surface area contributed by atoms with E-state index in [0.717, 1.165) is 4.90 Å². The first-order valence-corrected chi connectivity index (χ1v) is 6.44. The first-order chi connectivity index (χ1) is 10.0. The number of urea groups is 1. The lowest BCUT2D eigenvalue weighted by Gasteiger charge is -2.19. The van der Waals surface area contributed by atoms with E-state index < -0.39 is 23.3 Å². The predicted molar refractivity (Wildman–Crippen MR) is 71.5 cm³/mol. The summed E-state index contributed by atoms with van der Waals surface area (Å²) in [7, 11) is 0. The third-order valence-corrected chi connectivity index (χ3v) is 3.58. The van der Waals surface area contributed by atoms with Crippen molar-refractivity contribution < 1.29 is 18.4 Å². The summed E-state index contributed by atoms with van der Waals surface area (Å²) < 4.78 is 18.9. The smallest absolute Gasteiger partial charge is 0.325 e. The van der Waals surface area contributed by atoms with Gasteiger partial charge >= 0.3 is 6.03 Å². The third kappa shape index (κ3) is 2.08. The summed E-state index contributed by atoms with van der Waals surface area (Å²) in [6.45, 7) is 1.45. The van der Waals surface area contributed by atoms with Crippen LogP contribution in [0, 0.1) is 5.82 Å². The summed E-state index contributed by atoms with van der Waals surface area (Å²) in [5, 5.41) is 2.59. The summed E-state index contributed by atoms with van der Waals surface area (Å²) in [4.78, 5) is 25.5. The molecule has 1 N–H and O–H groups in total. The van der Waals surface area contributed by atoms with Gasteiger partial charge < -0.3 is 9.73 Å². The molecule has 1 fully saturated rings. The van der Waals surface area contributed by atoms with Crippen LogP contribution in [0.4, 0.5) is 9.18 Å². The highest BCUT2D eigenvalue weighted by Crippen LogP contribution is 2.30. The normalized spacial score (nSPS) is 21.7. The minimum Gasteiger partial charge on any atom is -0.466 e. The largest absolute Gasteiger partial charge is 0.466 e. The van der Waals surface area contributed by atoms with Crippen molar-refractivity contribution in [2.75, 3.05) is 0 Å². The summed E-state index contributed by atoms with van der Waals surface area (Å²) >= 11 is 0. The van der Waals surface area contributed by atoms with Crippen LogP contribution in [0.25, 0.3) is 0 Å². The number of imide groups is 1. The van der Waals surface area contributed by atoms with Gasteiger partial charge in [-0.2, -0.15) is 0 Å². The lowest BCUT2D eigenvalue weighted by molar-refractivity contribution is -0.132. The average molecular weight is 288 g/mol. The van der Waals surface area contributed by atoms with E-state index in [1.807, 2.05) is 0 Å². The lowest BCUT2D eigenvalue weighted by Crippen LogP contribution is -2.40. The number of carbonyl (C=O) groups is 2. The molecule has 0 spiro atoms. The van der Waals surface area contributed by atoms with Crippen LogP contribution in [0.1, 0.15) is 18.2 Å². The van der Waals surface area contributed by atoms with Crippen LogP contribution in [-0.2, 0) is 16.9 Å². The van der Waals surface area contributed by atoms with Crippen LogP contribution < -0.4 is 5.32 Å². The number of nitrogens with one attached hydrogen (secondary N) is 1. The molecule has 2 heterocycles. The highest BCUT2D eigenvalue weighted by atomic mass is 19.1. The van der Waals surface area contributed by atoms with E-state index in [2.05, 4.69) is 5.32 Å². The number of benzene rings is 1. The molecule has 6 heteroatoms. The van der Waals surface area contributed by atoms with Gasteiger partial charge in [-0.15, -0.1) is 0 Å². The number of carbonyl (C=O) groups excluding carboxylic acids is 2. The number of rotatable bonds is 3. The van der Waals surface area contributed by atoms with E-state index in [0.29, 0.717) is 5.76 Å². The van der Waals surface area contributed by atoms with Crippen molar-refractivity contribution in [3.05, 3.63) is 59.8 Å². The highest BCUT2D eigenvalue weighted by molar-refractivity contribution is 6.06. The van der Waals surface area contributed by atoms with Crippen molar-refractivity contribution in [1.29, 1.82) is 0 Å². The molecule has 5 nitrogen and oxygen atoms in total. The summed E-state index contributed by atoms with van der Waals surface area (Å²) in [5.41, 5.74) is -0.976. The van der Waals surface area contributed by atoms with Gasteiger partial charge in [0.15, 0.2) is 5.54 Å². The monoisotopic (exact) mass is 288 g/mol. The molecule has 0 aliphatic carbocycles. The fraction of sp³-hybridized carbons (Fsp3) is 0.200. The molecule has 1 saturated heterocycles. The molecule has 1 aromatic carbocycles. The minimum atomic E-state index is -1.26. The van der Waals surface area contributed by atoms with Gasteiger partial charge in [0.25, 0.3) is 5.91 Å². The summed E-state index contributed by atoms with van der Waals surface area (Å²) in [6, 6.07) is 8.73. The van der Waals surface area contributed by atoms with Crippen LogP contribution in [0.2, 0.25) is 0 Å². The number of furan rings is 1. The molecular weight excluding hydrogens is 275 g/mol. The van der Waals surface area contributed by atoms with Gasteiger partial charge in [0.1, 0.15) is 11.6 Å². The van der Waals surface area contributed by atoms with Gasteiger partial charge in [0, 0.05) is 5.56 Å². The molecule has 108 valence electrons. The zero-order valence-electron chi connectivity index (χ0n) is 11.3. The fourth-order valence-electron chi connectivity index (χ4n) is 2.37. The van der Waals surface area contributed by atoms with E-state index >= 15 is 0 Å². The maximum Gasteiger partial charge on any atom is 0.325 e. The van der Waals surface area contributed by atoms with Gasteiger partial charge in [-0.25, -0.2) is 9.18 Å². The van der Waals surface area contributed by atoms with Crippen LogP contribution in [0.5, 0.6) is 0 Å². The Morgan fingerprint density at radius 2 is 2.00 bits per heavy atom. The van der Waals surface area contributed by atoms with E-state index in [1.54, 1.807) is 37.3 Å². The molecule has 3 amide bonds. The van der Waals surface area contributed by atoms with Gasteiger partial charge in [-0.05, 0) is 25.1 Å². The van der Waals surface area contributed by atoms with Crippen LogP contribution in [0.3, 0.4) is 0 Å². The Morgan fingerprint density at radius 3 is 2.67 bits per heavy atom. The molecule has 0 bridgehead atoms. The molecule has 1 aromatic heterocycles. The van der Waals surface area contributed by atoms with Crippen molar-refractivity contribution in [1.82, 2.24) is 10.2 Å². The molecule has 2 aromatic rings. The zero-order valence-corrected chi connectivity index (χ0v) is 11.3. The first kappa shape index (κ1) is 13.4. The second kappa shape index (κ2) is 4.73. The average Bonchev–Trinajstić information content (AvgIpc) is 3.06. The second-order valence-electron chi connectivity index (χ2n) is 5.02. The van der Waals surface area contributed by atoms with Gasteiger partial charge in [0.05, 0.1) is 12.8 Å². The number of hydrogen-bond donors (Lipinski definition) is 1. The summed E-state index contributed by atoms with van der Waals surface area (Å²) in [6.07, 6.45) is 1.43. The Morgan fingerprint density at radius 1 is 1.24 bits per heavy atom. The van der Waals surface area contributed by atoms with E-state index in [-0.39, 0.29) is 12.1 Å². The predicted octanol–water partition coefficient (Wildman–Crippen LogP) is 2.39. The molecule has 0 unspecified atom stereocenters. The maximum absolute atomic E-state index is 13.7. The van der Waals surface area contributed by atoms with Gasteiger partial charge in [-0.1, -0.05) is 18.2 Å². The van der Waals surface area contributed by atoms with Crippen molar-refractivity contribution in [2.45, 2.75) is 19.0 Å². The number of halogens is 1. The first-order valence-electron chi connectivity index (χ1n) is 6.44. The maximum atomic E-state index is 13.7. The molecule has 0 radical (unpaired) electrons. The van der Waals surface area contributed by atoms with E-state index in [4.69, 9.17) is 4.42 Å². The Balaban J connectivity index is 1.90. The Hall–Kier alpha value is -2.63. The molecule has 1 aliphatic rings. The van der Waals surface area contributed by atoms with Crippen molar-refractivity contribution in [3.63, 3.8) is 0 Å². The Bertz CT molecular complexity index is 699. The molecule has 0 saturated carbocycles. The van der Waals surface area contributed by atoms with Crippen LogP contribution >= 0.6 is 0 Å². The quantitative estimate of drug-likeness (QED) is 0.882. The van der Waals surface area contributed by atoms with E-state index in [9.17, 15) is 14.0 Å². The topological polar surface area (TPSA) is 62.6 Å². The number of nitrogens with zero attached hydrogens (tertiary/aromatic N) is 1. The van der Waals surface area contributed by atoms with Gasteiger partial charge in [0.2, 0.25) is 0 Å². The third-order valence-electron chi connectivity index (χ3n) is 3.58.